The van der Waals surface area contributed by atoms with E-state index in [0.717, 1.165) is 23.3 Å². The van der Waals surface area contributed by atoms with Gasteiger partial charge >= 0.3 is 0 Å². The zero-order valence-corrected chi connectivity index (χ0v) is 14.0. The summed E-state index contributed by atoms with van der Waals surface area (Å²) in [6, 6.07) is 10.8. The Kier molecular flexibility index (Phi) is 6.57. The van der Waals surface area contributed by atoms with Gasteiger partial charge in [0.15, 0.2) is 0 Å². The molecule has 1 heterocycles. The lowest BCUT2D eigenvalue weighted by Crippen LogP contribution is -2.13. The fourth-order valence-corrected chi connectivity index (χ4v) is 3.17. The van der Waals surface area contributed by atoms with E-state index in [2.05, 4.69) is 63.5 Å². The summed E-state index contributed by atoms with van der Waals surface area (Å²) in [7, 11) is 0. The number of nitrogens with one attached hydrogen (secondary N) is 1. The lowest BCUT2D eigenvalue weighted by Gasteiger charge is -2.06. The Bertz CT molecular complexity index is 546. The van der Waals surface area contributed by atoms with Crippen LogP contribution in [-0.4, -0.2) is 11.5 Å². The summed E-state index contributed by atoms with van der Waals surface area (Å²) in [6.07, 6.45) is 4.91. The maximum Gasteiger partial charge on any atom is 0.0410 e. The van der Waals surface area contributed by atoms with Crippen molar-refractivity contribution in [3.05, 3.63) is 58.3 Å². The van der Waals surface area contributed by atoms with Gasteiger partial charge in [-0.05, 0) is 58.2 Å². The molecular formula is C16H19BrN2S. The molecule has 1 aromatic carbocycles. The van der Waals surface area contributed by atoms with Crippen LogP contribution in [0.25, 0.3) is 0 Å². The predicted octanol–water partition coefficient (Wildman–Crippen LogP) is 4.64. The topological polar surface area (TPSA) is 24.9 Å². The third kappa shape index (κ3) is 5.27. The van der Waals surface area contributed by atoms with Crippen molar-refractivity contribution in [1.29, 1.82) is 0 Å². The van der Waals surface area contributed by atoms with E-state index in [1.54, 1.807) is 0 Å². The smallest absolute Gasteiger partial charge is 0.0410 e. The lowest BCUT2D eigenvalue weighted by molar-refractivity contribution is 0.674. The summed E-state index contributed by atoms with van der Waals surface area (Å²) in [5.74, 6) is 0.943. The van der Waals surface area contributed by atoms with Gasteiger partial charge in [-0.1, -0.05) is 19.1 Å². The van der Waals surface area contributed by atoms with Crippen LogP contribution in [0, 0.1) is 0 Å². The van der Waals surface area contributed by atoms with Gasteiger partial charge in [0, 0.05) is 34.1 Å². The summed E-state index contributed by atoms with van der Waals surface area (Å²) in [4.78, 5) is 5.50. The summed E-state index contributed by atoms with van der Waals surface area (Å²) < 4.78 is 1.04. The molecule has 0 amide bonds. The van der Waals surface area contributed by atoms with Crippen molar-refractivity contribution in [2.45, 2.75) is 30.5 Å². The van der Waals surface area contributed by atoms with Crippen molar-refractivity contribution in [3.8, 4) is 0 Å². The van der Waals surface area contributed by atoms with Gasteiger partial charge in [-0.25, -0.2) is 0 Å². The van der Waals surface area contributed by atoms with Gasteiger partial charge in [-0.3, -0.25) is 4.98 Å². The average molecular weight is 351 g/mol. The number of pyridine rings is 1. The minimum Gasteiger partial charge on any atom is -0.313 e. The van der Waals surface area contributed by atoms with Crippen molar-refractivity contribution in [2.75, 3.05) is 6.54 Å². The Labute approximate surface area is 133 Å². The number of hydrogen-bond donors (Lipinski definition) is 1. The van der Waals surface area contributed by atoms with Crippen LogP contribution >= 0.6 is 27.7 Å². The summed E-state index contributed by atoms with van der Waals surface area (Å²) in [5, 5.41) is 3.43. The maximum atomic E-state index is 4.19. The van der Waals surface area contributed by atoms with Crippen LogP contribution in [0.15, 0.2) is 52.1 Å². The van der Waals surface area contributed by atoms with Crippen LogP contribution in [-0.2, 0) is 12.3 Å². The van der Waals surface area contributed by atoms with Crippen molar-refractivity contribution < 1.29 is 0 Å². The predicted molar refractivity (Wildman–Crippen MR) is 89.9 cm³/mol. The van der Waals surface area contributed by atoms with Gasteiger partial charge in [0.25, 0.3) is 0 Å². The second-order valence-electron chi connectivity index (χ2n) is 4.62. The van der Waals surface area contributed by atoms with E-state index in [1.165, 1.54) is 22.4 Å². The molecule has 0 aliphatic heterocycles. The van der Waals surface area contributed by atoms with E-state index in [4.69, 9.17) is 0 Å². The molecule has 4 heteroatoms. The third-order valence-electron chi connectivity index (χ3n) is 2.82. The number of halogens is 1. The van der Waals surface area contributed by atoms with E-state index in [9.17, 15) is 0 Å². The highest BCUT2D eigenvalue weighted by Gasteiger charge is 2.00. The summed E-state index contributed by atoms with van der Waals surface area (Å²) >= 11 is 5.30. The number of aromatic nitrogens is 1. The molecule has 1 aromatic heterocycles. The Hall–Kier alpha value is -0.840. The van der Waals surface area contributed by atoms with E-state index in [-0.39, 0.29) is 0 Å². The van der Waals surface area contributed by atoms with Gasteiger partial charge < -0.3 is 5.32 Å². The molecule has 1 N–H and O–H groups in total. The number of benzene rings is 1. The molecule has 2 aromatic rings. The minimum absolute atomic E-state index is 0.943. The zero-order chi connectivity index (χ0) is 14.2. The first kappa shape index (κ1) is 15.5. The zero-order valence-electron chi connectivity index (χ0n) is 11.6. The molecule has 0 bridgehead atoms. The first-order valence-corrected chi connectivity index (χ1v) is 8.57. The van der Waals surface area contributed by atoms with E-state index in [0.29, 0.717) is 0 Å². The normalized spacial score (nSPS) is 10.7. The molecule has 20 heavy (non-hydrogen) atoms. The van der Waals surface area contributed by atoms with Gasteiger partial charge in [0.2, 0.25) is 0 Å². The van der Waals surface area contributed by atoms with E-state index < -0.39 is 0 Å². The Morgan fingerprint density at radius 3 is 2.90 bits per heavy atom. The summed E-state index contributed by atoms with van der Waals surface area (Å²) in [5.41, 5.74) is 2.58. The standard InChI is InChI=1S/C16H19BrN2S/c1-2-6-18-9-13-4-3-5-16(8-13)20-12-14-7-15(17)11-19-10-14/h3-5,7-8,10-11,18H,2,6,9,12H2,1H3. The Balaban J connectivity index is 1.91. The molecule has 0 saturated heterocycles. The van der Waals surface area contributed by atoms with E-state index >= 15 is 0 Å². The molecule has 0 spiro atoms. The quantitative estimate of drug-likeness (QED) is 0.581. The molecule has 2 nitrogen and oxygen atoms in total. The SMILES string of the molecule is CCCNCc1cccc(SCc2cncc(Br)c2)c1. The fraction of sp³-hybridized carbons (Fsp3) is 0.312. The van der Waals surface area contributed by atoms with Crippen LogP contribution < -0.4 is 5.32 Å². The number of rotatable bonds is 7. The molecule has 0 fully saturated rings. The van der Waals surface area contributed by atoms with Crippen LogP contribution in [0.3, 0.4) is 0 Å². The lowest BCUT2D eigenvalue weighted by atomic mass is 10.2. The highest BCUT2D eigenvalue weighted by atomic mass is 79.9. The third-order valence-corrected chi connectivity index (χ3v) is 4.32. The van der Waals surface area contributed by atoms with Gasteiger partial charge in [-0.15, -0.1) is 11.8 Å². The fourth-order valence-electron chi connectivity index (χ4n) is 1.86. The van der Waals surface area contributed by atoms with Crippen LogP contribution in [0.4, 0.5) is 0 Å². The molecule has 0 radical (unpaired) electrons. The van der Waals surface area contributed by atoms with Crippen molar-refractivity contribution >= 4 is 27.7 Å². The minimum atomic E-state index is 0.943. The highest BCUT2D eigenvalue weighted by Crippen LogP contribution is 2.24. The second-order valence-corrected chi connectivity index (χ2v) is 6.59. The van der Waals surface area contributed by atoms with Gasteiger partial charge in [-0.2, -0.15) is 0 Å². The second kappa shape index (κ2) is 8.45. The van der Waals surface area contributed by atoms with Crippen molar-refractivity contribution in [3.63, 3.8) is 0 Å². The first-order chi connectivity index (χ1) is 9.78. The van der Waals surface area contributed by atoms with Crippen LogP contribution in [0.2, 0.25) is 0 Å². The van der Waals surface area contributed by atoms with Crippen molar-refractivity contribution in [2.24, 2.45) is 0 Å². The number of nitrogens with zero attached hydrogens (tertiary/aromatic N) is 1. The molecule has 0 saturated carbocycles. The molecule has 0 unspecified atom stereocenters. The molecule has 106 valence electrons. The summed E-state index contributed by atoms with van der Waals surface area (Å²) in [6.45, 7) is 4.20. The monoisotopic (exact) mass is 350 g/mol. The molecule has 2 rings (SSSR count). The van der Waals surface area contributed by atoms with E-state index in [1.807, 2.05) is 24.2 Å². The largest absolute Gasteiger partial charge is 0.313 e. The Morgan fingerprint density at radius 1 is 1.20 bits per heavy atom. The number of hydrogen-bond acceptors (Lipinski definition) is 3. The van der Waals surface area contributed by atoms with Crippen LogP contribution in [0.5, 0.6) is 0 Å². The first-order valence-electron chi connectivity index (χ1n) is 6.80. The number of thioether (sulfide) groups is 1. The molecule has 0 aliphatic rings. The van der Waals surface area contributed by atoms with Gasteiger partial charge in [0.05, 0.1) is 0 Å². The molecule has 0 aliphatic carbocycles. The average Bonchev–Trinajstić information content (AvgIpc) is 2.46. The van der Waals surface area contributed by atoms with Crippen LogP contribution in [0.1, 0.15) is 24.5 Å². The van der Waals surface area contributed by atoms with Gasteiger partial charge in [0.1, 0.15) is 0 Å². The Morgan fingerprint density at radius 2 is 2.10 bits per heavy atom. The highest BCUT2D eigenvalue weighted by molar-refractivity contribution is 9.10. The molecule has 0 atom stereocenters. The molecular weight excluding hydrogens is 332 g/mol. The maximum absolute atomic E-state index is 4.19. The van der Waals surface area contributed by atoms with Crippen molar-refractivity contribution in [1.82, 2.24) is 10.3 Å².